The molecule has 0 fully saturated rings. The van der Waals surface area contributed by atoms with E-state index in [0.717, 1.165) is 57.8 Å². The van der Waals surface area contributed by atoms with Crippen LogP contribution < -0.4 is 0 Å². The zero-order valence-corrected chi connectivity index (χ0v) is 42.0. The summed E-state index contributed by atoms with van der Waals surface area (Å²) >= 11 is 0. The molecule has 0 bridgehead atoms. The Kier molecular flexibility index (Phi) is 49.5. The Labute approximate surface area is 400 Å². The zero-order valence-electron chi connectivity index (χ0n) is 42.0. The predicted molar refractivity (Wildman–Crippen MR) is 279 cm³/mol. The molecule has 0 aromatic carbocycles. The van der Waals surface area contributed by atoms with Gasteiger partial charge in [0.15, 0.2) is 6.10 Å². The molecule has 0 aliphatic rings. The van der Waals surface area contributed by atoms with Crippen LogP contribution in [0.4, 0.5) is 0 Å². The zero-order chi connectivity index (χ0) is 47.2. The first-order valence-corrected chi connectivity index (χ1v) is 26.5. The number of rotatable bonds is 46. The van der Waals surface area contributed by atoms with Crippen LogP contribution in [0.15, 0.2) is 109 Å². The van der Waals surface area contributed by atoms with Crippen LogP contribution >= 0.6 is 0 Å². The Balaban J connectivity index is 4.50. The summed E-state index contributed by atoms with van der Waals surface area (Å²) in [5.74, 6) is -1.04. The minimum absolute atomic E-state index is 0.116. The number of carbonyl (C=O) groups is 3. The van der Waals surface area contributed by atoms with Crippen molar-refractivity contribution in [1.82, 2.24) is 0 Å². The van der Waals surface area contributed by atoms with Crippen molar-refractivity contribution in [3.8, 4) is 0 Å². The van der Waals surface area contributed by atoms with Crippen molar-refractivity contribution in [2.75, 3.05) is 13.2 Å². The molecular formula is C59H96O6. The second-order valence-corrected chi connectivity index (χ2v) is 17.2. The lowest BCUT2D eigenvalue weighted by Crippen LogP contribution is -2.30. The number of ether oxygens (including phenoxy) is 3. The molecule has 6 nitrogen and oxygen atoms in total. The number of carbonyl (C=O) groups excluding carboxylic acids is 3. The molecule has 65 heavy (non-hydrogen) atoms. The van der Waals surface area contributed by atoms with Gasteiger partial charge in [0.25, 0.3) is 0 Å². The number of esters is 3. The SMILES string of the molecule is CC/C=C/C=C/C=C/C=C/C=C/CCCCCC(=O)OC(COC(=O)CC/C=C/C/C=C/CCCCCCCC)COC(=O)CCCCCCCCCCCC/C=C/C=C/CCCCC. The molecule has 0 radical (unpaired) electrons. The van der Waals surface area contributed by atoms with E-state index >= 15 is 0 Å². The van der Waals surface area contributed by atoms with Crippen LogP contribution in [0.25, 0.3) is 0 Å². The third kappa shape index (κ3) is 50.9. The van der Waals surface area contributed by atoms with Crippen LogP contribution in [0.3, 0.4) is 0 Å². The number of hydrogen-bond acceptors (Lipinski definition) is 6. The fraction of sp³-hybridized carbons (Fsp3) is 0.644. The lowest BCUT2D eigenvalue weighted by molar-refractivity contribution is -0.166. The van der Waals surface area contributed by atoms with Gasteiger partial charge in [-0.05, 0) is 83.5 Å². The van der Waals surface area contributed by atoms with E-state index in [1.165, 1.54) is 116 Å². The molecule has 0 spiro atoms. The summed E-state index contributed by atoms with van der Waals surface area (Å²) < 4.78 is 16.7. The van der Waals surface area contributed by atoms with Gasteiger partial charge in [-0.3, -0.25) is 14.4 Å². The van der Waals surface area contributed by atoms with E-state index in [1.54, 1.807) is 0 Å². The van der Waals surface area contributed by atoms with E-state index in [4.69, 9.17) is 14.2 Å². The van der Waals surface area contributed by atoms with Crippen molar-refractivity contribution < 1.29 is 28.6 Å². The summed E-state index contributed by atoms with van der Waals surface area (Å²) in [6.07, 6.45) is 70.8. The molecule has 0 saturated heterocycles. The molecule has 1 atom stereocenters. The predicted octanol–water partition coefficient (Wildman–Crippen LogP) is 17.5. The second-order valence-electron chi connectivity index (χ2n) is 17.2. The lowest BCUT2D eigenvalue weighted by Gasteiger charge is -2.18. The molecule has 6 heteroatoms. The van der Waals surface area contributed by atoms with E-state index in [0.29, 0.717) is 19.3 Å². The average Bonchev–Trinajstić information content (AvgIpc) is 3.30. The van der Waals surface area contributed by atoms with Crippen molar-refractivity contribution in [1.29, 1.82) is 0 Å². The molecule has 0 saturated carbocycles. The highest BCUT2D eigenvalue weighted by Crippen LogP contribution is 2.14. The number of allylic oxidation sites excluding steroid dienone is 18. The van der Waals surface area contributed by atoms with Gasteiger partial charge in [0.2, 0.25) is 0 Å². The highest BCUT2D eigenvalue weighted by molar-refractivity contribution is 5.71. The normalized spacial score (nSPS) is 13.0. The summed E-state index contributed by atoms with van der Waals surface area (Å²) in [5, 5.41) is 0. The molecule has 0 amide bonds. The van der Waals surface area contributed by atoms with E-state index < -0.39 is 6.10 Å². The Morgan fingerprint density at radius 1 is 0.338 bits per heavy atom. The maximum Gasteiger partial charge on any atom is 0.306 e. The highest BCUT2D eigenvalue weighted by Gasteiger charge is 2.19. The molecule has 0 aromatic heterocycles. The van der Waals surface area contributed by atoms with E-state index in [-0.39, 0.29) is 44.0 Å². The molecule has 0 aromatic rings. The molecule has 0 heterocycles. The van der Waals surface area contributed by atoms with Gasteiger partial charge in [-0.2, -0.15) is 0 Å². The average molecular weight is 901 g/mol. The molecule has 0 N–H and O–H groups in total. The summed E-state index contributed by atoms with van der Waals surface area (Å²) in [7, 11) is 0. The molecule has 0 aliphatic heterocycles. The summed E-state index contributed by atoms with van der Waals surface area (Å²) in [6.45, 7) is 6.36. The number of hydrogen-bond donors (Lipinski definition) is 0. The molecule has 1 unspecified atom stereocenters. The molecule has 368 valence electrons. The van der Waals surface area contributed by atoms with Gasteiger partial charge in [0.05, 0.1) is 0 Å². The van der Waals surface area contributed by atoms with Gasteiger partial charge >= 0.3 is 17.9 Å². The standard InChI is InChI=1S/C59H96O6/c1-4-7-10-13-16-19-22-25-27-28-29-30-32-34-37-40-43-46-49-52-58(61)64-55-56(54-63-57(60)51-48-45-42-39-36-33-24-21-18-15-12-9-6-3)65-59(62)53-50-47-44-41-38-35-31-26-23-20-17-14-11-8-5-2/h8,11,14,16-17,19-20,22-23,25-26,31,33,35-36,38,42,45,56H,4-7,9-10,12-13,15,18,21,24,27-30,32,34,37,39-41,43-44,46-55H2,1-3H3/b11-8+,17-14+,19-16+,23-20+,25-22+,31-26+,36-33+,38-35+,45-42+. The quantitative estimate of drug-likeness (QED) is 0.0199. The van der Waals surface area contributed by atoms with Gasteiger partial charge in [-0.15, -0.1) is 0 Å². The first kappa shape index (κ1) is 61.1. The van der Waals surface area contributed by atoms with Crippen molar-refractivity contribution in [2.45, 2.75) is 232 Å². The maximum atomic E-state index is 12.8. The Morgan fingerprint density at radius 2 is 0.692 bits per heavy atom. The highest BCUT2D eigenvalue weighted by atomic mass is 16.6. The van der Waals surface area contributed by atoms with Gasteiger partial charge in [0, 0.05) is 19.3 Å². The van der Waals surface area contributed by atoms with Crippen molar-refractivity contribution in [3.63, 3.8) is 0 Å². The fourth-order valence-corrected chi connectivity index (χ4v) is 6.92. The second kappa shape index (κ2) is 52.7. The van der Waals surface area contributed by atoms with E-state index in [2.05, 4.69) is 75.5 Å². The van der Waals surface area contributed by atoms with Gasteiger partial charge in [-0.1, -0.05) is 233 Å². The van der Waals surface area contributed by atoms with Crippen molar-refractivity contribution >= 4 is 17.9 Å². The Morgan fingerprint density at radius 3 is 1.22 bits per heavy atom. The van der Waals surface area contributed by atoms with Crippen LogP contribution in [0.5, 0.6) is 0 Å². The maximum absolute atomic E-state index is 12.8. The van der Waals surface area contributed by atoms with Gasteiger partial charge < -0.3 is 14.2 Å². The van der Waals surface area contributed by atoms with Crippen LogP contribution in [0.1, 0.15) is 226 Å². The number of unbranched alkanes of at least 4 members (excludes halogenated alkanes) is 22. The summed E-state index contributed by atoms with van der Waals surface area (Å²) in [4.78, 5) is 38.0. The van der Waals surface area contributed by atoms with Crippen LogP contribution in [0, 0.1) is 0 Å². The van der Waals surface area contributed by atoms with Gasteiger partial charge in [-0.25, -0.2) is 0 Å². The smallest absolute Gasteiger partial charge is 0.306 e. The largest absolute Gasteiger partial charge is 0.462 e. The Bertz CT molecular complexity index is 1360. The van der Waals surface area contributed by atoms with Crippen molar-refractivity contribution in [2.24, 2.45) is 0 Å². The summed E-state index contributed by atoms with van der Waals surface area (Å²) in [6, 6.07) is 0. The van der Waals surface area contributed by atoms with Crippen LogP contribution in [0.2, 0.25) is 0 Å². The summed E-state index contributed by atoms with van der Waals surface area (Å²) in [5.41, 5.74) is 0. The first-order chi connectivity index (χ1) is 32.0. The Hall–Kier alpha value is -3.93. The first-order valence-electron chi connectivity index (χ1n) is 26.5. The van der Waals surface area contributed by atoms with Gasteiger partial charge in [0.1, 0.15) is 13.2 Å². The topological polar surface area (TPSA) is 78.9 Å². The van der Waals surface area contributed by atoms with Crippen molar-refractivity contribution in [3.05, 3.63) is 109 Å². The third-order valence-electron chi connectivity index (χ3n) is 10.9. The monoisotopic (exact) mass is 901 g/mol. The van der Waals surface area contributed by atoms with E-state index in [9.17, 15) is 14.4 Å². The van der Waals surface area contributed by atoms with Crippen LogP contribution in [-0.4, -0.2) is 37.2 Å². The molecule has 0 rings (SSSR count). The van der Waals surface area contributed by atoms with E-state index in [1.807, 2.05) is 54.7 Å². The fourth-order valence-electron chi connectivity index (χ4n) is 6.92. The van der Waals surface area contributed by atoms with Crippen LogP contribution in [-0.2, 0) is 28.6 Å². The molecular weight excluding hydrogens is 805 g/mol. The lowest BCUT2D eigenvalue weighted by atomic mass is 10.1. The third-order valence-corrected chi connectivity index (χ3v) is 10.9. The minimum Gasteiger partial charge on any atom is -0.462 e. The minimum atomic E-state index is -0.825. The molecule has 0 aliphatic carbocycles.